The Balaban J connectivity index is 0.779. The molecule has 3 fully saturated rings. The standard InChI is InChI=1S/C40H51F3N8O6/c1-50-35(53)21-31(36(50)28-4-2-13-44-22-28)38(54)46-15-19-57-24-27-8-6-26(7-9-27)23-56-18-3-5-34(52)45-14-17-51-16-12-33(39(51)55)49-37-30-20-29(40(41,42)43)10-11-32(30)47-25-48-37/h2,4,10-11,13,20,22,25-27,31,33,36H,3,5-9,12,14-19,21,23-24H2,1H3,(H,45,52)(H,46,54)(H,47,48,49)/t26-,27-,31-,33-,36+/m0/s1. The van der Waals surface area contributed by atoms with Crippen molar-refractivity contribution in [3.8, 4) is 0 Å². The van der Waals surface area contributed by atoms with Gasteiger partial charge >= 0.3 is 6.18 Å². The average molecular weight is 797 g/mol. The molecule has 3 N–H and O–H groups in total. The molecular formula is C40H51F3N8O6. The van der Waals surface area contributed by atoms with Crippen LogP contribution in [0.4, 0.5) is 19.0 Å². The molecule has 2 aromatic heterocycles. The molecule has 4 amide bonds. The maximum Gasteiger partial charge on any atom is 0.416 e. The van der Waals surface area contributed by atoms with Crippen LogP contribution in [0.3, 0.4) is 0 Å². The predicted octanol–water partition coefficient (Wildman–Crippen LogP) is 4.13. The van der Waals surface area contributed by atoms with Gasteiger partial charge in [-0.05, 0) is 80.2 Å². The van der Waals surface area contributed by atoms with Crippen molar-refractivity contribution in [3.05, 3.63) is 60.2 Å². The van der Waals surface area contributed by atoms with Crippen molar-refractivity contribution >= 4 is 40.3 Å². The summed E-state index contributed by atoms with van der Waals surface area (Å²) in [6.07, 6.45) is 5.79. The van der Waals surface area contributed by atoms with E-state index in [4.69, 9.17) is 9.47 Å². The molecule has 4 heterocycles. The summed E-state index contributed by atoms with van der Waals surface area (Å²) in [6.45, 7) is 3.63. The van der Waals surface area contributed by atoms with Crippen molar-refractivity contribution in [2.24, 2.45) is 17.8 Å². The highest BCUT2D eigenvalue weighted by Crippen LogP contribution is 2.37. The number of fused-ring (bicyclic) bond motifs is 1. The molecule has 308 valence electrons. The minimum atomic E-state index is -4.52. The summed E-state index contributed by atoms with van der Waals surface area (Å²) in [4.78, 5) is 66.3. The average Bonchev–Trinajstić information content (AvgIpc) is 3.71. The highest BCUT2D eigenvalue weighted by atomic mass is 19.4. The van der Waals surface area contributed by atoms with E-state index in [0.717, 1.165) is 43.4 Å². The van der Waals surface area contributed by atoms with Crippen molar-refractivity contribution in [3.63, 3.8) is 0 Å². The lowest BCUT2D eigenvalue weighted by atomic mass is 9.83. The summed E-state index contributed by atoms with van der Waals surface area (Å²) in [5, 5.41) is 8.98. The molecule has 1 aliphatic carbocycles. The molecule has 0 radical (unpaired) electrons. The van der Waals surface area contributed by atoms with E-state index in [9.17, 15) is 32.3 Å². The van der Waals surface area contributed by atoms with Crippen LogP contribution in [0.15, 0.2) is 49.1 Å². The van der Waals surface area contributed by atoms with Gasteiger partial charge in [0.05, 0.1) is 29.6 Å². The number of carbonyl (C=O) groups is 4. The Kier molecular flexibility index (Phi) is 14.3. The van der Waals surface area contributed by atoms with E-state index in [1.54, 1.807) is 35.3 Å². The number of halogens is 3. The fourth-order valence-electron chi connectivity index (χ4n) is 7.92. The van der Waals surface area contributed by atoms with Crippen LogP contribution in [0.5, 0.6) is 0 Å². The highest BCUT2D eigenvalue weighted by molar-refractivity contribution is 5.93. The molecule has 57 heavy (non-hydrogen) atoms. The molecule has 2 aliphatic heterocycles. The van der Waals surface area contributed by atoms with Crippen molar-refractivity contribution in [1.29, 1.82) is 0 Å². The number of ether oxygens (including phenoxy) is 2. The van der Waals surface area contributed by atoms with E-state index in [-0.39, 0.29) is 47.3 Å². The molecule has 0 unspecified atom stereocenters. The van der Waals surface area contributed by atoms with Crippen LogP contribution in [0.25, 0.3) is 10.9 Å². The first kappa shape index (κ1) is 41.7. The number of likely N-dealkylation sites (tertiary alicyclic amines) is 2. The van der Waals surface area contributed by atoms with E-state index in [0.29, 0.717) is 89.2 Å². The number of nitrogens with zero attached hydrogens (tertiary/aromatic N) is 5. The van der Waals surface area contributed by atoms with Gasteiger partial charge in [0.1, 0.15) is 18.2 Å². The molecule has 1 aromatic carbocycles. The Hall–Kier alpha value is -4.90. The molecule has 3 atom stereocenters. The van der Waals surface area contributed by atoms with E-state index >= 15 is 0 Å². The third kappa shape index (κ3) is 11.2. The van der Waals surface area contributed by atoms with E-state index in [2.05, 4.69) is 30.9 Å². The third-order valence-electron chi connectivity index (χ3n) is 11.1. The van der Waals surface area contributed by atoms with Crippen LogP contribution < -0.4 is 16.0 Å². The van der Waals surface area contributed by atoms with E-state index < -0.39 is 23.7 Å². The minimum Gasteiger partial charge on any atom is -0.381 e. The Bertz CT molecular complexity index is 1840. The van der Waals surface area contributed by atoms with Crippen molar-refractivity contribution in [2.45, 2.75) is 69.6 Å². The molecule has 3 aromatic rings. The molecule has 17 heteroatoms. The molecule has 2 saturated heterocycles. The van der Waals surface area contributed by atoms with Gasteiger partial charge in [0.2, 0.25) is 23.6 Å². The van der Waals surface area contributed by atoms with Crippen LogP contribution in [0.2, 0.25) is 0 Å². The van der Waals surface area contributed by atoms with Crippen molar-refractivity contribution in [1.82, 2.24) is 35.4 Å². The van der Waals surface area contributed by atoms with Crippen LogP contribution in [-0.2, 0) is 34.8 Å². The minimum absolute atomic E-state index is 0.0583. The number of hydrogen-bond donors (Lipinski definition) is 3. The molecule has 6 rings (SSSR count). The zero-order valence-corrected chi connectivity index (χ0v) is 32.1. The third-order valence-corrected chi connectivity index (χ3v) is 11.1. The Morgan fingerprint density at radius 1 is 0.947 bits per heavy atom. The number of hydrogen-bond acceptors (Lipinski definition) is 10. The fraction of sp³-hybridized carbons (Fsp3) is 0.575. The van der Waals surface area contributed by atoms with Gasteiger partial charge < -0.3 is 35.2 Å². The highest BCUT2D eigenvalue weighted by Gasteiger charge is 2.42. The number of benzene rings is 1. The Labute approximate surface area is 329 Å². The van der Waals surface area contributed by atoms with Crippen LogP contribution >= 0.6 is 0 Å². The predicted molar refractivity (Wildman–Crippen MR) is 203 cm³/mol. The van der Waals surface area contributed by atoms with Gasteiger partial charge in [0, 0.05) is 83.7 Å². The van der Waals surface area contributed by atoms with Crippen molar-refractivity contribution < 1.29 is 41.8 Å². The maximum absolute atomic E-state index is 13.3. The summed E-state index contributed by atoms with van der Waals surface area (Å²) in [5.41, 5.74) is 0.363. The summed E-state index contributed by atoms with van der Waals surface area (Å²) in [7, 11) is 1.72. The number of nitrogens with one attached hydrogen (secondary N) is 3. The van der Waals surface area contributed by atoms with Gasteiger partial charge in [-0.1, -0.05) is 6.07 Å². The number of rotatable bonds is 18. The number of alkyl halides is 3. The Morgan fingerprint density at radius 2 is 1.70 bits per heavy atom. The number of anilines is 1. The number of pyridine rings is 1. The number of aromatic nitrogens is 3. The largest absolute Gasteiger partial charge is 0.416 e. The molecule has 14 nitrogen and oxygen atoms in total. The molecule has 3 aliphatic rings. The topological polar surface area (TPSA) is 168 Å². The smallest absolute Gasteiger partial charge is 0.381 e. The summed E-state index contributed by atoms with van der Waals surface area (Å²) < 4.78 is 51.6. The number of amides is 4. The van der Waals surface area contributed by atoms with Gasteiger partial charge in [-0.25, -0.2) is 9.97 Å². The van der Waals surface area contributed by atoms with Crippen LogP contribution in [0.1, 0.15) is 68.5 Å². The van der Waals surface area contributed by atoms with Gasteiger partial charge in [-0.15, -0.1) is 0 Å². The molecule has 0 spiro atoms. The van der Waals surface area contributed by atoms with E-state index in [1.165, 1.54) is 12.4 Å². The second-order valence-electron chi connectivity index (χ2n) is 15.1. The van der Waals surface area contributed by atoms with Gasteiger partial charge in [-0.2, -0.15) is 13.2 Å². The first-order chi connectivity index (χ1) is 27.5. The molecular weight excluding hydrogens is 745 g/mol. The lowest BCUT2D eigenvalue weighted by Crippen LogP contribution is -2.39. The normalized spacial score (nSPS) is 22.6. The first-order valence-electron chi connectivity index (χ1n) is 19.7. The van der Waals surface area contributed by atoms with Crippen LogP contribution in [-0.4, -0.2) is 114 Å². The van der Waals surface area contributed by atoms with Crippen LogP contribution in [0, 0.1) is 17.8 Å². The maximum atomic E-state index is 13.3. The second-order valence-corrected chi connectivity index (χ2v) is 15.1. The summed E-state index contributed by atoms with van der Waals surface area (Å²) in [5.74, 6) is 0.0936. The SMILES string of the molecule is CN1C(=O)C[C@H](C(=O)NCCOC[C@H]2CC[C@H](COCCCC(=O)NCCN3CC[C@H](Nc4ncnc5ccc(C(F)(F)F)cc45)C3=O)CC2)[C@H]1c1cccnc1. The van der Waals surface area contributed by atoms with Gasteiger partial charge in [-0.3, -0.25) is 24.2 Å². The van der Waals surface area contributed by atoms with Gasteiger partial charge in [0.25, 0.3) is 0 Å². The molecule has 0 bridgehead atoms. The number of carbonyl (C=O) groups excluding carboxylic acids is 4. The lowest BCUT2D eigenvalue weighted by molar-refractivity contribution is -0.137. The molecule has 1 saturated carbocycles. The monoisotopic (exact) mass is 796 g/mol. The lowest BCUT2D eigenvalue weighted by Gasteiger charge is -2.28. The van der Waals surface area contributed by atoms with Gasteiger partial charge in [0.15, 0.2) is 0 Å². The zero-order chi connectivity index (χ0) is 40.4. The fourth-order valence-corrected chi connectivity index (χ4v) is 7.92. The summed E-state index contributed by atoms with van der Waals surface area (Å²) in [6, 6.07) is 5.95. The summed E-state index contributed by atoms with van der Waals surface area (Å²) >= 11 is 0. The van der Waals surface area contributed by atoms with Crippen molar-refractivity contribution in [2.75, 3.05) is 65.0 Å². The first-order valence-corrected chi connectivity index (χ1v) is 19.7. The quantitative estimate of drug-likeness (QED) is 0.159. The second kappa shape index (κ2) is 19.5. The Morgan fingerprint density at radius 3 is 2.42 bits per heavy atom. The zero-order valence-electron chi connectivity index (χ0n) is 32.1. The van der Waals surface area contributed by atoms with E-state index in [1.807, 2.05) is 6.07 Å².